The van der Waals surface area contributed by atoms with Crippen LogP contribution in [0.1, 0.15) is 46.5 Å². The number of hydrogen-bond acceptors (Lipinski definition) is 1. The van der Waals surface area contributed by atoms with Gasteiger partial charge in [-0.05, 0) is 172 Å². The van der Waals surface area contributed by atoms with Gasteiger partial charge in [0.15, 0.2) is 0 Å². The fourth-order valence-corrected chi connectivity index (χ4v) is 10.5. The zero-order valence-electron chi connectivity index (χ0n) is 38.1. The largest absolute Gasteiger partial charge is 0.337 e. The van der Waals surface area contributed by atoms with Crippen molar-refractivity contribution in [2.24, 2.45) is 0 Å². The summed E-state index contributed by atoms with van der Waals surface area (Å²) in [6.07, 6.45) is 15.5. The second-order valence-corrected chi connectivity index (χ2v) is 18.0. The van der Waals surface area contributed by atoms with Crippen LogP contribution in [0.15, 0.2) is 225 Å². The van der Waals surface area contributed by atoms with Crippen LogP contribution in [0.2, 0.25) is 0 Å². The van der Waals surface area contributed by atoms with Gasteiger partial charge in [-0.1, -0.05) is 158 Å². The molecule has 0 aliphatic heterocycles. The van der Waals surface area contributed by atoms with Gasteiger partial charge in [0.25, 0.3) is 0 Å². The van der Waals surface area contributed by atoms with E-state index in [-0.39, 0.29) is 0 Å². The van der Waals surface area contributed by atoms with Crippen LogP contribution in [0, 0.1) is 0 Å². The molecule has 12 rings (SSSR count). The maximum Gasteiger partial charge on any atom is 0.0537 e. The number of nitrogens with zero attached hydrogens (tertiary/aromatic N) is 3. The number of rotatable bonds is 11. The molecular formula is C65H51N3. The average molecular weight is 874 g/mol. The fourth-order valence-electron chi connectivity index (χ4n) is 10.5. The van der Waals surface area contributed by atoms with E-state index in [9.17, 15) is 0 Å². The molecule has 0 atom stereocenters. The molecule has 0 radical (unpaired) electrons. The fraction of sp³-hybridized carbons (Fsp3) is 0.0769. The van der Waals surface area contributed by atoms with Gasteiger partial charge in [0, 0.05) is 46.1 Å². The Morgan fingerprint density at radius 3 is 1.71 bits per heavy atom. The summed E-state index contributed by atoms with van der Waals surface area (Å²) in [6, 6.07) is 75.7. The maximum atomic E-state index is 4.16. The molecule has 2 aliphatic rings. The lowest BCUT2D eigenvalue weighted by Crippen LogP contribution is -2.17. The Bertz CT molecular complexity index is 3510. The van der Waals surface area contributed by atoms with E-state index in [1.54, 1.807) is 0 Å². The van der Waals surface area contributed by atoms with Crippen LogP contribution in [0.3, 0.4) is 0 Å². The Balaban J connectivity index is 0.950. The van der Waals surface area contributed by atoms with Crippen molar-refractivity contribution >= 4 is 40.5 Å². The van der Waals surface area contributed by atoms with Gasteiger partial charge in [0.1, 0.15) is 0 Å². The molecule has 0 amide bonds. The van der Waals surface area contributed by atoms with Crippen molar-refractivity contribution in [3.05, 3.63) is 259 Å². The van der Waals surface area contributed by atoms with Crippen LogP contribution in [0.4, 0.5) is 11.4 Å². The van der Waals surface area contributed by atoms with Crippen molar-refractivity contribution in [1.29, 1.82) is 0 Å². The number of fused-ring (bicyclic) bond motifs is 4. The van der Waals surface area contributed by atoms with Gasteiger partial charge in [-0.25, -0.2) is 0 Å². The number of para-hydroxylation sites is 2. The Labute approximate surface area is 399 Å². The summed E-state index contributed by atoms with van der Waals surface area (Å²) in [7, 11) is 0. The average Bonchev–Trinajstić information content (AvgIpc) is 3.97. The molecule has 0 N–H and O–H groups in total. The van der Waals surface area contributed by atoms with Crippen LogP contribution in [-0.4, -0.2) is 9.13 Å². The second kappa shape index (κ2) is 17.8. The van der Waals surface area contributed by atoms with Gasteiger partial charge in [-0.15, -0.1) is 0 Å². The molecule has 0 bridgehead atoms. The summed E-state index contributed by atoms with van der Waals surface area (Å²) in [5, 5.41) is 1.35. The molecule has 2 aromatic heterocycles. The lowest BCUT2D eigenvalue weighted by Gasteiger charge is -2.27. The van der Waals surface area contributed by atoms with Crippen LogP contribution >= 0.6 is 0 Å². The zero-order valence-corrected chi connectivity index (χ0v) is 38.1. The highest BCUT2D eigenvalue weighted by Crippen LogP contribution is 2.40. The van der Waals surface area contributed by atoms with E-state index >= 15 is 0 Å². The smallest absolute Gasteiger partial charge is 0.0537 e. The molecular weight excluding hydrogens is 823 g/mol. The second-order valence-electron chi connectivity index (χ2n) is 18.0. The van der Waals surface area contributed by atoms with E-state index in [4.69, 9.17) is 0 Å². The molecule has 8 aromatic carbocycles. The van der Waals surface area contributed by atoms with Crippen molar-refractivity contribution < 1.29 is 0 Å². The topological polar surface area (TPSA) is 13.1 Å². The van der Waals surface area contributed by atoms with E-state index in [1.165, 1.54) is 83.7 Å². The Kier molecular flexibility index (Phi) is 10.7. The molecule has 3 heteroatoms. The molecule has 0 unspecified atom stereocenters. The number of aromatic nitrogens is 2. The first kappa shape index (κ1) is 41.1. The van der Waals surface area contributed by atoms with E-state index in [0.717, 1.165) is 60.4 Å². The lowest BCUT2D eigenvalue weighted by molar-refractivity contribution is 0.960. The lowest BCUT2D eigenvalue weighted by atomic mass is 9.93. The highest BCUT2D eigenvalue weighted by Gasteiger charge is 2.21. The van der Waals surface area contributed by atoms with Crippen LogP contribution in [-0.2, 0) is 19.4 Å². The summed E-state index contributed by atoms with van der Waals surface area (Å²) >= 11 is 0. The summed E-state index contributed by atoms with van der Waals surface area (Å²) < 4.78 is 4.87. The third-order valence-electron chi connectivity index (χ3n) is 13.9. The van der Waals surface area contributed by atoms with Gasteiger partial charge in [-0.2, -0.15) is 0 Å². The van der Waals surface area contributed by atoms with Crippen molar-refractivity contribution in [1.82, 2.24) is 9.13 Å². The molecule has 2 heterocycles. The first-order valence-electron chi connectivity index (χ1n) is 23.9. The summed E-state index contributed by atoms with van der Waals surface area (Å²) in [5.41, 5.74) is 23.1. The molecule has 10 aromatic rings. The standard InChI is InChI=1S/C65H51N3/c1-2-47-19-9-13-25-61(47)66(45-46-17-5-3-6-18-46)56-35-29-48(30-36-56)53-41-54(49-31-37-57(38-32-49)67-62-26-14-10-22-52(62)44-65(67)51-20-7-4-8-21-51)43-55(42-53)50-33-39-58(40-34-50)68-63-27-15-11-23-59(63)60-24-12-16-28-64(60)68/h2-9,11,13-21,23,25-44H,1,10,12,22,24,45H2. The van der Waals surface area contributed by atoms with Gasteiger partial charge in [0.2, 0.25) is 0 Å². The first-order valence-corrected chi connectivity index (χ1v) is 23.9. The minimum Gasteiger partial charge on any atom is -0.337 e. The third-order valence-corrected chi connectivity index (χ3v) is 13.9. The number of anilines is 2. The third kappa shape index (κ3) is 7.62. The van der Waals surface area contributed by atoms with Gasteiger partial charge < -0.3 is 14.0 Å². The van der Waals surface area contributed by atoms with Gasteiger partial charge in [0.05, 0.1) is 11.2 Å². The van der Waals surface area contributed by atoms with Crippen LogP contribution in [0.5, 0.6) is 0 Å². The molecule has 3 nitrogen and oxygen atoms in total. The Morgan fingerprint density at radius 2 is 1.03 bits per heavy atom. The van der Waals surface area contributed by atoms with Gasteiger partial charge in [-0.3, -0.25) is 0 Å². The summed E-state index contributed by atoms with van der Waals surface area (Å²) in [4.78, 5) is 2.39. The Hall–Kier alpha value is -8.40. The van der Waals surface area contributed by atoms with Crippen LogP contribution in [0.25, 0.3) is 85.1 Å². The summed E-state index contributed by atoms with van der Waals surface area (Å²) in [5.74, 6) is 0. The maximum absolute atomic E-state index is 4.16. The van der Waals surface area contributed by atoms with E-state index < -0.39 is 0 Å². The van der Waals surface area contributed by atoms with E-state index in [1.807, 2.05) is 6.08 Å². The normalized spacial score (nSPS) is 12.8. The quantitative estimate of drug-likeness (QED) is 0.126. The van der Waals surface area contributed by atoms with E-state index in [2.05, 4.69) is 251 Å². The first-order chi connectivity index (χ1) is 33.7. The number of allylic oxidation sites excluding steroid dienone is 2. The monoisotopic (exact) mass is 873 g/mol. The van der Waals surface area contributed by atoms with Crippen molar-refractivity contribution in [2.75, 3.05) is 4.90 Å². The van der Waals surface area contributed by atoms with Crippen molar-refractivity contribution in [3.63, 3.8) is 0 Å². The SMILES string of the molecule is C=Cc1ccccc1N(Cc1ccccc1)c1ccc(-c2cc(-c3ccc(-n4c(-c5ccccc5)cc5c4C=CCC5)cc3)cc(-c3ccc(-n4c5c(c6ccccc64)CCC=C5)cc3)c2)cc1. The highest BCUT2D eigenvalue weighted by molar-refractivity contribution is 5.91. The van der Waals surface area contributed by atoms with Crippen molar-refractivity contribution in [2.45, 2.75) is 32.2 Å². The number of benzene rings is 8. The number of aryl methyl sites for hydroxylation is 2. The minimum atomic E-state index is 0.740. The van der Waals surface area contributed by atoms with E-state index in [0.29, 0.717) is 0 Å². The van der Waals surface area contributed by atoms with Crippen LogP contribution < -0.4 is 4.90 Å². The Morgan fingerprint density at radius 1 is 0.471 bits per heavy atom. The molecule has 0 saturated heterocycles. The number of hydrogen-bond donors (Lipinski definition) is 0. The molecule has 0 fully saturated rings. The molecule has 68 heavy (non-hydrogen) atoms. The molecule has 0 saturated carbocycles. The predicted molar refractivity (Wildman–Crippen MR) is 288 cm³/mol. The zero-order chi connectivity index (χ0) is 45.4. The predicted octanol–water partition coefficient (Wildman–Crippen LogP) is 17.0. The molecule has 326 valence electrons. The summed E-state index contributed by atoms with van der Waals surface area (Å²) in [6.45, 7) is 4.90. The van der Waals surface area contributed by atoms with Gasteiger partial charge >= 0.3 is 0 Å². The highest BCUT2D eigenvalue weighted by atomic mass is 15.1. The molecule has 0 spiro atoms. The van der Waals surface area contributed by atoms with Crippen molar-refractivity contribution in [3.8, 4) is 56.0 Å². The molecule has 2 aliphatic carbocycles. The minimum absolute atomic E-state index is 0.740.